The number of para-hydroxylation sites is 1. The molecule has 88 valence electrons. The van der Waals surface area contributed by atoms with Gasteiger partial charge in [0, 0.05) is 11.4 Å². The van der Waals surface area contributed by atoms with Crippen LogP contribution in [-0.4, -0.2) is 0 Å². The van der Waals surface area contributed by atoms with Gasteiger partial charge in [-0.05, 0) is 30.9 Å². The van der Waals surface area contributed by atoms with E-state index in [4.69, 9.17) is 0 Å². The van der Waals surface area contributed by atoms with Crippen LogP contribution in [0.4, 0.5) is 5.69 Å². The van der Waals surface area contributed by atoms with Crippen molar-refractivity contribution in [2.45, 2.75) is 46.0 Å². The highest BCUT2D eigenvalue weighted by atomic mass is 14.9. The van der Waals surface area contributed by atoms with Crippen LogP contribution in [0.15, 0.2) is 36.5 Å². The fourth-order valence-corrected chi connectivity index (χ4v) is 1.77. The summed E-state index contributed by atoms with van der Waals surface area (Å²) < 4.78 is 0. The molecule has 0 aliphatic heterocycles. The summed E-state index contributed by atoms with van der Waals surface area (Å²) >= 11 is 0. The molecule has 0 heterocycles. The smallest absolute Gasteiger partial charge is 0.0414 e. The summed E-state index contributed by atoms with van der Waals surface area (Å²) in [6.07, 6.45) is 5.81. The van der Waals surface area contributed by atoms with Crippen LogP contribution in [0.25, 0.3) is 0 Å². The fraction of sp³-hybridized carbons (Fsp3) is 0.467. The van der Waals surface area contributed by atoms with Crippen molar-refractivity contribution in [1.82, 2.24) is 0 Å². The Labute approximate surface area is 99.6 Å². The highest BCUT2D eigenvalue weighted by Gasteiger charge is 2.01. The molecule has 0 amide bonds. The number of benzene rings is 1. The number of hydrogen-bond donors (Lipinski definition) is 1. The zero-order valence-electron chi connectivity index (χ0n) is 10.6. The van der Waals surface area contributed by atoms with Crippen LogP contribution < -0.4 is 5.32 Å². The Morgan fingerprint density at radius 2 is 1.94 bits per heavy atom. The van der Waals surface area contributed by atoms with Crippen molar-refractivity contribution >= 4 is 5.69 Å². The molecule has 0 spiro atoms. The molecule has 0 unspecified atom stereocenters. The highest BCUT2D eigenvalue weighted by Crippen LogP contribution is 2.19. The molecule has 0 atom stereocenters. The second-order valence-electron chi connectivity index (χ2n) is 4.24. The van der Waals surface area contributed by atoms with Crippen molar-refractivity contribution in [3.63, 3.8) is 0 Å². The number of rotatable bonds is 7. The maximum atomic E-state index is 4.08. The number of anilines is 1. The lowest BCUT2D eigenvalue weighted by molar-refractivity contribution is 0.791. The van der Waals surface area contributed by atoms with E-state index in [2.05, 4.69) is 50.0 Å². The topological polar surface area (TPSA) is 12.0 Å². The lowest BCUT2D eigenvalue weighted by Gasteiger charge is -2.13. The van der Waals surface area contributed by atoms with Crippen LogP contribution >= 0.6 is 0 Å². The van der Waals surface area contributed by atoms with Gasteiger partial charge in [-0.1, -0.05) is 51.5 Å². The van der Waals surface area contributed by atoms with E-state index in [1.165, 1.54) is 30.5 Å². The van der Waals surface area contributed by atoms with Crippen LogP contribution in [-0.2, 0) is 6.42 Å². The summed E-state index contributed by atoms with van der Waals surface area (Å²) in [5.74, 6) is 0. The largest absolute Gasteiger partial charge is 0.359 e. The normalized spacial score (nSPS) is 10.1. The molecule has 0 fully saturated rings. The van der Waals surface area contributed by atoms with E-state index in [9.17, 15) is 0 Å². The number of hydrogen-bond acceptors (Lipinski definition) is 1. The van der Waals surface area contributed by atoms with Gasteiger partial charge in [0.05, 0.1) is 0 Å². The van der Waals surface area contributed by atoms with Gasteiger partial charge >= 0.3 is 0 Å². The molecule has 0 saturated heterocycles. The summed E-state index contributed by atoms with van der Waals surface area (Å²) in [6.45, 7) is 8.50. The fourth-order valence-electron chi connectivity index (χ4n) is 1.77. The first-order valence-electron chi connectivity index (χ1n) is 6.30. The summed E-state index contributed by atoms with van der Waals surface area (Å²) in [6, 6.07) is 8.51. The van der Waals surface area contributed by atoms with Gasteiger partial charge in [-0.2, -0.15) is 0 Å². The SMILES string of the molecule is C=C(CCCC)Nc1ccccc1CCC. The lowest BCUT2D eigenvalue weighted by Crippen LogP contribution is -2.01. The molecule has 0 radical (unpaired) electrons. The van der Waals surface area contributed by atoms with Gasteiger partial charge in [-0.25, -0.2) is 0 Å². The first kappa shape index (κ1) is 12.8. The Morgan fingerprint density at radius 3 is 2.62 bits per heavy atom. The van der Waals surface area contributed by atoms with E-state index >= 15 is 0 Å². The van der Waals surface area contributed by atoms with Gasteiger partial charge in [-0.3, -0.25) is 0 Å². The van der Waals surface area contributed by atoms with E-state index in [1.807, 2.05) is 0 Å². The zero-order valence-corrected chi connectivity index (χ0v) is 10.6. The molecule has 0 aliphatic rings. The molecule has 0 aromatic heterocycles. The predicted molar refractivity (Wildman–Crippen MR) is 72.7 cm³/mol. The molecule has 1 rings (SSSR count). The second kappa shape index (κ2) is 7.10. The van der Waals surface area contributed by atoms with Crippen LogP contribution in [0.3, 0.4) is 0 Å². The summed E-state index contributed by atoms with van der Waals surface area (Å²) in [4.78, 5) is 0. The van der Waals surface area contributed by atoms with Crippen molar-refractivity contribution in [1.29, 1.82) is 0 Å². The van der Waals surface area contributed by atoms with E-state index in [0.29, 0.717) is 0 Å². The van der Waals surface area contributed by atoms with Crippen LogP contribution in [0, 0.1) is 0 Å². The minimum absolute atomic E-state index is 1.07. The Kier molecular flexibility index (Phi) is 5.69. The summed E-state index contributed by atoms with van der Waals surface area (Å²) in [5.41, 5.74) is 3.75. The Bertz CT molecular complexity index is 328. The standard InChI is InChI=1S/C15H23N/c1-4-6-10-13(3)16-15-12-8-7-11-14(15)9-5-2/h7-8,11-12,16H,3-6,9-10H2,1-2H3. The van der Waals surface area contributed by atoms with Gasteiger partial charge in [0.2, 0.25) is 0 Å². The second-order valence-corrected chi connectivity index (χ2v) is 4.24. The average Bonchev–Trinajstić information content (AvgIpc) is 2.29. The zero-order chi connectivity index (χ0) is 11.8. The minimum Gasteiger partial charge on any atom is -0.359 e. The van der Waals surface area contributed by atoms with Crippen molar-refractivity contribution in [3.8, 4) is 0 Å². The van der Waals surface area contributed by atoms with Crippen LogP contribution in [0.5, 0.6) is 0 Å². The predicted octanol–water partition coefficient (Wildman–Crippen LogP) is 4.75. The van der Waals surface area contributed by atoms with Crippen LogP contribution in [0.2, 0.25) is 0 Å². The number of nitrogens with one attached hydrogen (secondary N) is 1. The van der Waals surface area contributed by atoms with Crippen molar-refractivity contribution in [2.75, 3.05) is 5.32 Å². The minimum atomic E-state index is 1.07. The maximum Gasteiger partial charge on any atom is 0.0414 e. The summed E-state index contributed by atoms with van der Waals surface area (Å²) in [5, 5.41) is 3.44. The van der Waals surface area contributed by atoms with E-state index in [-0.39, 0.29) is 0 Å². The number of aryl methyl sites for hydroxylation is 1. The van der Waals surface area contributed by atoms with Crippen molar-refractivity contribution in [2.24, 2.45) is 0 Å². The number of unbranched alkanes of at least 4 members (excludes halogenated alkanes) is 1. The first-order valence-corrected chi connectivity index (χ1v) is 6.30. The van der Waals surface area contributed by atoms with Gasteiger partial charge in [0.15, 0.2) is 0 Å². The molecule has 1 N–H and O–H groups in total. The van der Waals surface area contributed by atoms with E-state index in [0.717, 1.165) is 18.5 Å². The molecule has 0 aliphatic carbocycles. The average molecular weight is 217 g/mol. The molecule has 0 bridgehead atoms. The quantitative estimate of drug-likeness (QED) is 0.694. The molecular formula is C15H23N. The van der Waals surface area contributed by atoms with E-state index < -0.39 is 0 Å². The Morgan fingerprint density at radius 1 is 1.19 bits per heavy atom. The monoisotopic (exact) mass is 217 g/mol. The van der Waals surface area contributed by atoms with Crippen molar-refractivity contribution in [3.05, 3.63) is 42.1 Å². The molecule has 1 heteroatoms. The van der Waals surface area contributed by atoms with Gasteiger partial charge in [0.25, 0.3) is 0 Å². The third-order valence-electron chi connectivity index (χ3n) is 2.68. The van der Waals surface area contributed by atoms with Gasteiger partial charge < -0.3 is 5.32 Å². The number of allylic oxidation sites excluding steroid dienone is 1. The third-order valence-corrected chi connectivity index (χ3v) is 2.68. The summed E-state index contributed by atoms with van der Waals surface area (Å²) in [7, 11) is 0. The van der Waals surface area contributed by atoms with E-state index in [1.54, 1.807) is 0 Å². The highest BCUT2D eigenvalue weighted by molar-refractivity contribution is 5.54. The molecule has 1 aromatic rings. The molecule has 16 heavy (non-hydrogen) atoms. The van der Waals surface area contributed by atoms with Crippen molar-refractivity contribution < 1.29 is 0 Å². The molecular weight excluding hydrogens is 194 g/mol. The lowest BCUT2D eigenvalue weighted by atomic mass is 10.1. The van der Waals surface area contributed by atoms with Gasteiger partial charge in [-0.15, -0.1) is 0 Å². The van der Waals surface area contributed by atoms with Gasteiger partial charge in [0.1, 0.15) is 0 Å². The first-order chi connectivity index (χ1) is 7.77. The third kappa shape index (κ3) is 4.09. The molecule has 1 aromatic carbocycles. The Balaban J connectivity index is 2.61. The molecule has 0 saturated carbocycles. The molecule has 1 nitrogen and oxygen atoms in total. The maximum absolute atomic E-state index is 4.08. The Hall–Kier alpha value is -1.24. The van der Waals surface area contributed by atoms with Crippen LogP contribution in [0.1, 0.15) is 45.1 Å².